The number of hydrogen-bond donors (Lipinski definition) is 1. The lowest BCUT2D eigenvalue weighted by atomic mass is 9.98. The monoisotopic (exact) mass is 282 g/mol. The number of benzene rings is 1. The second-order valence-corrected chi connectivity index (χ2v) is 4.63. The largest absolute Gasteiger partial charge is 0.481 e. The molecule has 1 N–H and O–H groups in total. The number of carboxylic acids is 1. The first-order valence-electron chi connectivity index (χ1n) is 5.78. The van der Waals surface area contributed by atoms with Gasteiger partial charge in [-0.1, -0.05) is 0 Å². The molecule has 2 rings (SSSR count). The number of carbonyl (C=O) groups is 2. The van der Waals surface area contributed by atoms with E-state index in [-0.39, 0.29) is 24.3 Å². The zero-order chi connectivity index (χ0) is 15.0. The SMILES string of the molecule is Cc1cc([N+](=O)[O-])cc(C(=O)N2CC(C(=O)O)C2)c1F. The van der Waals surface area contributed by atoms with Crippen molar-refractivity contribution in [2.45, 2.75) is 6.92 Å². The predicted molar refractivity (Wildman–Crippen MR) is 64.8 cm³/mol. The lowest BCUT2D eigenvalue weighted by Crippen LogP contribution is -2.53. The maximum Gasteiger partial charge on any atom is 0.310 e. The van der Waals surface area contributed by atoms with E-state index in [9.17, 15) is 24.1 Å². The lowest BCUT2D eigenvalue weighted by molar-refractivity contribution is -0.385. The quantitative estimate of drug-likeness (QED) is 0.663. The van der Waals surface area contributed by atoms with Crippen LogP contribution in [0.2, 0.25) is 0 Å². The van der Waals surface area contributed by atoms with Crippen molar-refractivity contribution >= 4 is 17.6 Å². The molecule has 20 heavy (non-hydrogen) atoms. The number of nitrogens with zero attached hydrogens (tertiary/aromatic N) is 2. The molecule has 1 fully saturated rings. The molecule has 0 spiro atoms. The van der Waals surface area contributed by atoms with Gasteiger partial charge in [0.2, 0.25) is 0 Å². The van der Waals surface area contributed by atoms with Crippen LogP contribution in [0.5, 0.6) is 0 Å². The number of halogens is 1. The molecule has 7 nitrogen and oxygen atoms in total. The molecule has 0 bridgehead atoms. The van der Waals surface area contributed by atoms with Gasteiger partial charge in [0.25, 0.3) is 11.6 Å². The highest BCUT2D eigenvalue weighted by Crippen LogP contribution is 2.25. The number of carboxylic acid groups (broad SMARTS) is 1. The highest BCUT2D eigenvalue weighted by atomic mass is 19.1. The smallest absolute Gasteiger partial charge is 0.310 e. The summed E-state index contributed by atoms with van der Waals surface area (Å²) in [5, 5.41) is 19.4. The average molecular weight is 282 g/mol. The van der Waals surface area contributed by atoms with Gasteiger partial charge in [-0.05, 0) is 12.5 Å². The summed E-state index contributed by atoms with van der Waals surface area (Å²) in [4.78, 5) is 33.8. The molecule has 1 aliphatic rings. The molecule has 1 aliphatic heterocycles. The second kappa shape index (κ2) is 4.87. The first-order chi connectivity index (χ1) is 9.31. The van der Waals surface area contributed by atoms with Crippen molar-refractivity contribution in [2.24, 2.45) is 5.92 Å². The van der Waals surface area contributed by atoms with Gasteiger partial charge in [-0.15, -0.1) is 0 Å². The first-order valence-corrected chi connectivity index (χ1v) is 5.78. The van der Waals surface area contributed by atoms with E-state index in [1.807, 2.05) is 0 Å². The van der Waals surface area contributed by atoms with Gasteiger partial charge in [0.15, 0.2) is 0 Å². The molecule has 0 aliphatic carbocycles. The Bertz CT molecular complexity index is 610. The summed E-state index contributed by atoms with van der Waals surface area (Å²) < 4.78 is 13.9. The van der Waals surface area contributed by atoms with Crippen molar-refractivity contribution in [3.63, 3.8) is 0 Å². The summed E-state index contributed by atoms with van der Waals surface area (Å²) in [6.45, 7) is 1.29. The standard InChI is InChI=1S/C12H11FN2O5/c1-6-2-8(15(19)20)3-9(10(6)13)11(16)14-4-7(5-14)12(17)18/h2-3,7H,4-5H2,1H3,(H,17,18). The zero-order valence-corrected chi connectivity index (χ0v) is 10.5. The Morgan fingerprint density at radius 3 is 2.55 bits per heavy atom. The number of carbonyl (C=O) groups excluding carboxylic acids is 1. The molecule has 1 amide bonds. The van der Waals surface area contributed by atoms with Gasteiger partial charge in [-0.25, -0.2) is 4.39 Å². The summed E-state index contributed by atoms with van der Waals surface area (Å²) >= 11 is 0. The van der Waals surface area contributed by atoms with Crippen LogP contribution >= 0.6 is 0 Å². The highest BCUT2D eigenvalue weighted by Gasteiger charge is 2.37. The van der Waals surface area contributed by atoms with Crippen LogP contribution < -0.4 is 0 Å². The molecule has 8 heteroatoms. The Hall–Kier alpha value is -2.51. The summed E-state index contributed by atoms with van der Waals surface area (Å²) in [6, 6.07) is 1.92. The number of rotatable bonds is 3. The van der Waals surface area contributed by atoms with Crippen LogP contribution in [0.1, 0.15) is 15.9 Å². The molecule has 0 atom stereocenters. The van der Waals surface area contributed by atoms with E-state index in [4.69, 9.17) is 5.11 Å². The minimum absolute atomic E-state index is 0.00198. The fourth-order valence-corrected chi connectivity index (χ4v) is 1.98. The Kier molecular flexibility index (Phi) is 3.39. The van der Waals surface area contributed by atoms with Gasteiger partial charge in [-0.3, -0.25) is 19.7 Å². The van der Waals surface area contributed by atoms with Crippen LogP contribution in [-0.2, 0) is 4.79 Å². The Morgan fingerprint density at radius 2 is 2.05 bits per heavy atom. The Balaban J connectivity index is 2.27. The van der Waals surface area contributed by atoms with E-state index in [0.717, 1.165) is 17.0 Å². The van der Waals surface area contributed by atoms with E-state index in [1.165, 1.54) is 6.92 Å². The van der Waals surface area contributed by atoms with Crippen molar-refractivity contribution in [1.29, 1.82) is 0 Å². The normalized spacial score (nSPS) is 14.8. The van der Waals surface area contributed by atoms with Gasteiger partial charge < -0.3 is 10.0 Å². The minimum Gasteiger partial charge on any atom is -0.481 e. The number of amides is 1. The zero-order valence-electron chi connectivity index (χ0n) is 10.5. The number of likely N-dealkylation sites (tertiary alicyclic amines) is 1. The Labute approximate surface area is 112 Å². The maximum absolute atomic E-state index is 13.9. The topological polar surface area (TPSA) is 101 Å². The number of aliphatic carboxylic acids is 1. The van der Waals surface area contributed by atoms with E-state index in [1.54, 1.807) is 0 Å². The number of hydrogen-bond acceptors (Lipinski definition) is 4. The fraction of sp³-hybridized carbons (Fsp3) is 0.333. The third kappa shape index (κ3) is 2.31. The highest BCUT2D eigenvalue weighted by molar-refractivity contribution is 5.96. The van der Waals surface area contributed by atoms with E-state index in [2.05, 4.69) is 0 Å². The summed E-state index contributed by atoms with van der Waals surface area (Å²) in [6.07, 6.45) is 0. The number of aryl methyl sites for hydroxylation is 1. The van der Waals surface area contributed by atoms with E-state index >= 15 is 0 Å². The molecule has 0 saturated carbocycles. The number of nitro benzene ring substituents is 1. The summed E-state index contributed by atoms with van der Waals surface area (Å²) in [5.74, 6) is -3.24. The van der Waals surface area contributed by atoms with E-state index in [0.29, 0.717) is 0 Å². The van der Waals surface area contributed by atoms with Crippen LogP contribution in [0.4, 0.5) is 10.1 Å². The summed E-state index contributed by atoms with van der Waals surface area (Å²) in [5.41, 5.74) is -0.777. The average Bonchev–Trinajstić information content (AvgIpc) is 2.29. The van der Waals surface area contributed by atoms with Gasteiger partial charge in [0.1, 0.15) is 5.82 Å². The third-order valence-electron chi connectivity index (χ3n) is 3.20. The molecule has 106 valence electrons. The van der Waals surface area contributed by atoms with Crippen molar-refractivity contribution < 1.29 is 24.0 Å². The maximum atomic E-state index is 13.9. The van der Waals surface area contributed by atoms with Crippen molar-refractivity contribution in [3.8, 4) is 0 Å². The third-order valence-corrected chi connectivity index (χ3v) is 3.20. The molecule has 1 aromatic rings. The van der Waals surface area contributed by atoms with Crippen LogP contribution in [0, 0.1) is 28.8 Å². The van der Waals surface area contributed by atoms with Crippen LogP contribution in [-0.4, -0.2) is 39.9 Å². The van der Waals surface area contributed by atoms with Crippen molar-refractivity contribution in [2.75, 3.05) is 13.1 Å². The van der Waals surface area contributed by atoms with E-state index < -0.39 is 34.1 Å². The van der Waals surface area contributed by atoms with Crippen LogP contribution in [0.25, 0.3) is 0 Å². The van der Waals surface area contributed by atoms with Crippen LogP contribution in [0.15, 0.2) is 12.1 Å². The molecule has 0 radical (unpaired) electrons. The molecule has 1 heterocycles. The number of nitro groups is 1. The fourth-order valence-electron chi connectivity index (χ4n) is 1.98. The molecule has 0 aromatic heterocycles. The Morgan fingerprint density at radius 1 is 1.45 bits per heavy atom. The van der Waals surface area contributed by atoms with Gasteiger partial charge >= 0.3 is 5.97 Å². The molecular weight excluding hydrogens is 271 g/mol. The van der Waals surface area contributed by atoms with Gasteiger partial charge in [0, 0.05) is 25.2 Å². The summed E-state index contributed by atoms with van der Waals surface area (Å²) in [7, 11) is 0. The van der Waals surface area contributed by atoms with Crippen molar-refractivity contribution in [1.82, 2.24) is 4.90 Å². The number of non-ortho nitro benzene ring substituents is 1. The second-order valence-electron chi connectivity index (χ2n) is 4.63. The molecular formula is C12H11FN2O5. The van der Waals surface area contributed by atoms with Crippen molar-refractivity contribution in [3.05, 3.63) is 39.2 Å². The first kappa shape index (κ1) is 13.9. The molecule has 0 unspecified atom stereocenters. The molecule has 1 saturated heterocycles. The minimum atomic E-state index is -1.02. The lowest BCUT2D eigenvalue weighted by Gasteiger charge is -2.36. The van der Waals surface area contributed by atoms with Gasteiger partial charge in [0.05, 0.1) is 16.4 Å². The van der Waals surface area contributed by atoms with Gasteiger partial charge in [-0.2, -0.15) is 0 Å². The molecule has 1 aromatic carbocycles. The van der Waals surface area contributed by atoms with Crippen LogP contribution in [0.3, 0.4) is 0 Å². The predicted octanol–water partition coefficient (Wildman–Crippen LogP) is 1.20.